The second kappa shape index (κ2) is 11.8. The van der Waals surface area contributed by atoms with Gasteiger partial charge in [-0.15, -0.1) is 24.0 Å². The van der Waals surface area contributed by atoms with Crippen LogP contribution in [0.4, 0.5) is 0 Å². The van der Waals surface area contributed by atoms with Crippen LogP contribution >= 0.6 is 24.0 Å². The van der Waals surface area contributed by atoms with Crippen LogP contribution in [0.2, 0.25) is 0 Å². The van der Waals surface area contributed by atoms with Crippen molar-refractivity contribution in [2.24, 2.45) is 4.99 Å². The van der Waals surface area contributed by atoms with Crippen molar-refractivity contribution in [2.75, 3.05) is 46.4 Å². The molecule has 0 aromatic carbocycles. The molecular formula is C18H34IN5O2. The summed E-state index contributed by atoms with van der Waals surface area (Å²) in [5, 5.41) is 6.59. The molecule has 0 amide bonds. The van der Waals surface area contributed by atoms with Gasteiger partial charge in [0, 0.05) is 32.1 Å². The van der Waals surface area contributed by atoms with E-state index < -0.39 is 0 Å². The quantitative estimate of drug-likeness (QED) is 0.271. The molecule has 1 aliphatic rings. The number of nitrogens with one attached hydrogen (secondary N) is 2. The van der Waals surface area contributed by atoms with Crippen molar-refractivity contribution >= 4 is 29.9 Å². The highest BCUT2D eigenvalue weighted by Gasteiger charge is 2.19. The zero-order chi connectivity index (χ0) is 18.1. The molecule has 0 saturated carbocycles. The maximum absolute atomic E-state index is 5.78. The Labute approximate surface area is 174 Å². The molecular weight excluding hydrogens is 445 g/mol. The van der Waals surface area contributed by atoms with Crippen LogP contribution < -0.4 is 10.6 Å². The van der Waals surface area contributed by atoms with E-state index in [1.165, 1.54) is 6.42 Å². The molecule has 150 valence electrons. The lowest BCUT2D eigenvalue weighted by Crippen LogP contribution is -2.38. The van der Waals surface area contributed by atoms with Gasteiger partial charge in [0.1, 0.15) is 5.76 Å². The number of halogens is 1. The lowest BCUT2D eigenvalue weighted by atomic mass is 9.94. The van der Waals surface area contributed by atoms with E-state index in [0.717, 1.165) is 57.5 Å². The Morgan fingerprint density at radius 2 is 1.96 bits per heavy atom. The molecule has 0 atom stereocenters. The van der Waals surface area contributed by atoms with Crippen LogP contribution in [0.5, 0.6) is 0 Å². The minimum atomic E-state index is -0.0222. The predicted octanol–water partition coefficient (Wildman–Crippen LogP) is 2.37. The van der Waals surface area contributed by atoms with Gasteiger partial charge in [-0.25, -0.2) is 4.98 Å². The molecule has 0 radical (unpaired) electrons. The molecule has 0 unspecified atom stereocenters. The van der Waals surface area contributed by atoms with E-state index in [2.05, 4.69) is 46.3 Å². The monoisotopic (exact) mass is 479 g/mol. The second-order valence-electron chi connectivity index (χ2n) is 7.38. The van der Waals surface area contributed by atoms with Crippen molar-refractivity contribution in [3.8, 4) is 0 Å². The number of nitrogens with zero attached hydrogens (tertiary/aromatic N) is 3. The number of aromatic nitrogens is 1. The number of hydrogen-bond acceptors (Lipinski definition) is 5. The Morgan fingerprint density at radius 1 is 1.23 bits per heavy atom. The average Bonchev–Trinajstić information content (AvgIpc) is 3.07. The zero-order valence-electron chi connectivity index (χ0n) is 16.5. The first kappa shape index (κ1) is 23.2. The minimum Gasteiger partial charge on any atom is -0.443 e. The number of ether oxygens (including phenoxy) is 1. The van der Waals surface area contributed by atoms with Gasteiger partial charge in [0.2, 0.25) is 5.89 Å². The Bertz CT molecular complexity index is 536. The summed E-state index contributed by atoms with van der Waals surface area (Å²) in [6.45, 7) is 12.8. The van der Waals surface area contributed by atoms with Gasteiger partial charge in [0.25, 0.3) is 0 Å². The van der Waals surface area contributed by atoms with Crippen molar-refractivity contribution in [1.29, 1.82) is 0 Å². The first-order chi connectivity index (χ1) is 12.0. The number of guanidine groups is 1. The largest absolute Gasteiger partial charge is 0.443 e. The maximum atomic E-state index is 5.78. The molecule has 1 aliphatic heterocycles. The van der Waals surface area contributed by atoms with E-state index in [-0.39, 0.29) is 29.4 Å². The van der Waals surface area contributed by atoms with E-state index in [9.17, 15) is 0 Å². The van der Waals surface area contributed by atoms with Gasteiger partial charge in [-0.1, -0.05) is 20.8 Å². The van der Waals surface area contributed by atoms with Crippen LogP contribution in [0.25, 0.3) is 0 Å². The number of aliphatic imine (C=N–C) groups is 1. The molecule has 2 N–H and O–H groups in total. The predicted molar refractivity (Wildman–Crippen MR) is 115 cm³/mol. The zero-order valence-corrected chi connectivity index (χ0v) is 18.8. The van der Waals surface area contributed by atoms with Crippen LogP contribution in [0.15, 0.2) is 15.6 Å². The first-order valence-corrected chi connectivity index (χ1v) is 9.19. The van der Waals surface area contributed by atoms with Crippen molar-refractivity contribution in [3.63, 3.8) is 0 Å². The summed E-state index contributed by atoms with van der Waals surface area (Å²) in [4.78, 5) is 11.0. The van der Waals surface area contributed by atoms with Crippen LogP contribution in [0, 0.1) is 0 Å². The maximum Gasteiger partial charge on any atom is 0.213 e. The Kier molecular flexibility index (Phi) is 10.5. The van der Waals surface area contributed by atoms with Crippen molar-refractivity contribution in [1.82, 2.24) is 20.5 Å². The molecule has 7 nitrogen and oxygen atoms in total. The van der Waals surface area contributed by atoms with E-state index in [1.807, 2.05) is 0 Å². The molecule has 2 heterocycles. The highest BCUT2D eigenvalue weighted by molar-refractivity contribution is 14.0. The van der Waals surface area contributed by atoms with Gasteiger partial charge >= 0.3 is 0 Å². The highest BCUT2D eigenvalue weighted by Crippen LogP contribution is 2.22. The summed E-state index contributed by atoms with van der Waals surface area (Å²) in [7, 11) is 1.78. The second-order valence-corrected chi connectivity index (χ2v) is 7.38. The Balaban J connectivity index is 0.00000338. The molecule has 0 bridgehead atoms. The van der Waals surface area contributed by atoms with Gasteiger partial charge < -0.3 is 19.8 Å². The van der Waals surface area contributed by atoms with Crippen LogP contribution in [-0.4, -0.2) is 62.3 Å². The summed E-state index contributed by atoms with van der Waals surface area (Å²) in [6.07, 6.45) is 4.10. The van der Waals surface area contributed by atoms with Crippen LogP contribution in [0.3, 0.4) is 0 Å². The summed E-state index contributed by atoms with van der Waals surface area (Å²) in [6, 6.07) is 0. The molecule has 0 spiro atoms. The van der Waals surface area contributed by atoms with Gasteiger partial charge in [0.15, 0.2) is 5.96 Å². The number of morpholine rings is 1. The summed E-state index contributed by atoms with van der Waals surface area (Å²) in [5.74, 6) is 2.36. The van der Waals surface area contributed by atoms with Crippen LogP contribution in [-0.2, 0) is 16.7 Å². The van der Waals surface area contributed by atoms with Gasteiger partial charge in [0.05, 0.1) is 26.0 Å². The van der Waals surface area contributed by atoms with E-state index in [4.69, 9.17) is 9.15 Å². The third-order valence-electron chi connectivity index (χ3n) is 4.22. The van der Waals surface area contributed by atoms with E-state index in [1.54, 1.807) is 13.2 Å². The van der Waals surface area contributed by atoms with E-state index >= 15 is 0 Å². The SMILES string of the molecule is CN=C(NCCCCN1CCOCC1)NCc1ncc(C(C)(C)C)o1.I. The number of rotatable bonds is 7. The fraction of sp³-hybridized carbons (Fsp3) is 0.778. The molecule has 1 aromatic rings. The number of hydrogen-bond donors (Lipinski definition) is 2. The van der Waals surface area contributed by atoms with Crippen molar-refractivity contribution < 1.29 is 9.15 Å². The fourth-order valence-electron chi connectivity index (χ4n) is 2.61. The molecule has 8 heteroatoms. The smallest absolute Gasteiger partial charge is 0.213 e. The number of unbranched alkanes of at least 4 members (excludes halogenated alkanes) is 1. The molecule has 26 heavy (non-hydrogen) atoms. The molecule has 1 fully saturated rings. The standard InChI is InChI=1S/C18H33N5O2.HI/c1-18(2,3)15-13-21-16(25-15)14-22-17(19-4)20-7-5-6-8-23-9-11-24-12-10-23;/h13H,5-12,14H2,1-4H3,(H2,19,20,22);1H. The Hall–Kier alpha value is -0.870. The summed E-state index contributed by atoms with van der Waals surface area (Å²) >= 11 is 0. The van der Waals surface area contributed by atoms with Gasteiger partial charge in [-0.3, -0.25) is 9.89 Å². The van der Waals surface area contributed by atoms with Crippen molar-refractivity contribution in [3.05, 3.63) is 17.8 Å². The number of oxazole rings is 1. The average molecular weight is 479 g/mol. The summed E-state index contributed by atoms with van der Waals surface area (Å²) < 4.78 is 11.1. The molecule has 2 rings (SSSR count). The normalized spacial score (nSPS) is 16.2. The molecule has 1 aromatic heterocycles. The van der Waals surface area contributed by atoms with Crippen LogP contribution in [0.1, 0.15) is 45.3 Å². The first-order valence-electron chi connectivity index (χ1n) is 9.19. The van der Waals surface area contributed by atoms with Gasteiger partial charge in [-0.2, -0.15) is 0 Å². The van der Waals surface area contributed by atoms with Gasteiger partial charge in [-0.05, 0) is 19.4 Å². The third-order valence-corrected chi connectivity index (χ3v) is 4.22. The lowest BCUT2D eigenvalue weighted by Gasteiger charge is -2.26. The van der Waals surface area contributed by atoms with E-state index in [0.29, 0.717) is 12.4 Å². The minimum absolute atomic E-state index is 0. The highest BCUT2D eigenvalue weighted by atomic mass is 127. The Morgan fingerprint density at radius 3 is 2.58 bits per heavy atom. The molecule has 0 aliphatic carbocycles. The topological polar surface area (TPSA) is 74.9 Å². The lowest BCUT2D eigenvalue weighted by molar-refractivity contribution is 0.0372. The van der Waals surface area contributed by atoms with Crippen molar-refractivity contribution in [2.45, 2.75) is 45.6 Å². The fourth-order valence-corrected chi connectivity index (χ4v) is 2.61. The summed E-state index contributed by atoms with van der Waals surface area (Å²) in [5.41, 5.74) is -0.0222. The molecule has 1 saturated heterocycles. The third kappa shape index (κ3) is 8.22.